The van der Waals surface area contributed by atoms with Gasteiger partial charge in [0.15, 0.2) is 9.84 Å². The molecule has 1 rings (SSSR count). The molecule has 25 heavy (non-hydrogen) atoms. The number of hydrogen-bond acceptors (Lipinski definition) is 4. The third kappa shape index (κ3) is 9.73. The number of anilines is 1. The van der Waals surface area contributed by atoms with Crippen molar-refractivity contribution in [1.82, 2.24) is 0 Å². The Labute approximate surface area is 154 Å². The van der Waals surface area contributed by atoms with E-state index in [-0.39, 0.29) is 5.25 Å². The molecule has 4 nitrogen and oxygen atoms in total. The Bertz CT molecular complexity index is 553. The van der Waals surface area contributed by atoms with Crippen LogP contribution in [0, 0.1) is 0 Å². The van der Waals surface area contributed by atoms with Gasteiger partial charge in [0.2, 0.25) is 0 Å². The molecule has 0 aliphatic carbocycles. The van der Waals surface area contributed by atoms with Crippen LogP contribution in [0.15, 0.2) is 24.3 Å². The molecule has 1 aromatic rings. The molecule has 144 valence electrons. The zero-order valence-corrected chi connectivity index (χ0v) is 16.9. The van der Waals surface area contributed by atoms with Crippen molar-refractivity contribution in [2.24, 2.45) is 0 Å². The molecule has 0 bridgehead atoms. The fourth-order valence-electron chi connectivity index (χ4n) is 2.43. The topological polar surface area (TPSA) is 55.4 Å². The van der Waals surface area contributed by atoms with Crippen LogP contribution < -0.4 is 10.1 Å². The second kappa shape index (κ2) is 12.2. The summed E-state index contributed by atoms with van der Waals surface area (Å²) >= 11 is 0. The predicted molar refractivity (Wildman–Crippen MR) is 107 cm³/mol. The molecule has 1 N–H and O–H groups in total. The van der Waals surface area contributed by atoms with Crippen LogP contribution in [-0.2, 0) is 9.84 Å². The molecule has 0 unspecified atom stereocenters. The van der Waals surface area contributed by atoms with Gasteiger partial charge in [-0.05, 0) is 57.4 Å². The van der Waals surface area contributed by atoms with E-state index in [4.69, 9.17) is 4.74 Å². The Morgan fingerprint density at radius 3 is 2.24 bits per heavy atom. The van der Waals surface area contributed by atoms with Gasteiger partial charge in [0.1, 0.15) is 5.75 Å². The minimum atomic E-state index is -2.87. The quantitative estimate of drug-likeness (QED) is 0.466. The second-order valence-electron chi connectivity index (χ2n) is 6.84. The molecule has 0 aliphatic heterocycles. The van der Waals surface area contributed by atoms with E-state index in [0.29, 0.717) is 5.75 Å². The number of nitrogens with one attached hydrogen (secondary N) is 1. The molecule has 0 radical (unpaired) electrons. The molecule has 0 saturated carbocycles. The van der Waals surface area contributed by atoms with Crippen molar-refractivity contribution in [3.8, 4) is 5.75 Å². The number of ether oxygens (including phenoxy) is 1. The maximum atomic E-state index is 11.7. The third-order valence-electron chi connectivity index (χ3n) is 4.27. The molecule has 0 fully saturated rings. The Balaban J connectivity index is 2.06. The lowest BCUT2D eigenvalue weighted by molar-refractivity contribution is 0.309. The van der Waals surface area contributed by atoms with Crippen LogP contribution in [0.4, 0.5) is 5.69 Å². The molecule has 5 heteroatoms. The van der Waals surface area contributed by atoms with Gasteiger partial charge in [-0.25, -0.2) is 8.42 Å². The van der Waals surface area contributed by atoms with Gasteiger partial charge in [0.05, 0.1) is 17.6 Å². The maximum absolute atomic E-state index is 11.7. The van der Waals surface area contributed by atoms with Crippen LogP contribution in [0.3, 0.4) is 0 Å². The largest absolute Gasteiger partial charge is 0.494 e. The van der Waals surface area contributed by atoms with Gasteiger partial charge >= 0.3 is 0 Å². The fourth-order valence-corrected chi connectivity index (χ4v) is 3.51. The number of benzene rings is 1. The van der Waals surface area contributed by atoms with Crippen molar-refractivity contribution in [1.29, 1.82) is 0 Å². The summed E-state index contributed by atoms with van der Waals surface area (Å²) < 4.78 is 29.1. The molecule has 0 aliphatic rings. The van der Waals surface area contributed by atoms with Crippen molar-refractivity contribution in [2.75, 3.05) is 24.2 Å². The Kier molecular flexibility index (Phi) is 10.6. The zero-order valence-electron chi connectivity index (χ0n) is 16.1. The molecule has 0 amide bonds. The van der Waals surface area contributed by atoms with E-state index in [1.165, 1.54) is 0 Å². The molecule has 0 spiro atoms. The maximum Gasteiger partial charge on any atom is 0.152 e. The standard InChI is InChI=1S/C20H35NO3S/c1-4-5-16-24-20-13-11-19(12-14-20)21-15-9-7-6-8-10-17-25(22,23)18(2)3/h11-14,18,21H,4-10,15-17H2,1-3H3. The first-order valence-corrected chi connectivity index (χ1v) is 11.4. The van der Waals surface area contributed by atoms with Crippen LogP contribution in [0.5, 0.6) is 5.75 Å². The van der Waals surface area contributed by atoms with Gasteiger partial charge < -0.3 is 10.1 Å². The number of hydrogen-bond donors (Lipinski definition) is 1. The SMILES string of the molecule is CCCCOc1ccc(NCCCCCCCS(=O)(=O)C(C)C)cc1. The third-order valence-corrected chi connectivity index (χ3v) is 6.57. The summed E-state index contributed by atoms with van der Waals surface area (Å²) in [6, 6.07) is 8.12. The molecule has 0 saturated heterocycles. The summed E-state index contributed by atoms with van der Waals surface area (Å²) in [6.07, 6.45) is 7.35. The van der Waals surface area contributed by atoms with Gasteiger partial charge in [-0.15, -0.1) is 0 Å². The lowest BCUT2D eigenvalue weighted by Crippen LogP contribution is -2.17. The van der Waals surface area contributed by atoms with E-state index in [9.17, 15) is 8.42 Å². The van der Waals surface area contributed by atoms with Crippen LogP contribution in [0.1, 0.15) is 65.7 Å². The van der Waals surface area contributed by atoms with Crippen LogP contribution >= 0.6 is 0 Å². The van der Waals surface area contributed by atoms with E-state index in [1.54, 1.807) is 13.8 Å². The number of rotatable bonds is 14. The molecule has 0 aromatic heterocycles. The summed E-state index contributed by atoms with van der Waals surface area (Å²) in [4.78, 5) is 0. The van der Waals surface area contributed by atoms with Crippen LogP contribution in [-0.4, -0.2) is 32.6 Å². The molecular weight excluding hydrogens is 334 g/mol. The molecule has 0 heterocycles. The van der Waals surface area contributed by atoms with Crippen molar-refractivity contribution < 1.29 is 13.2 Å². The first-order chi connectivity index (χ1) is 12.0. The minimum absolute atomic E-state index is 0.250. The predicted octanol–water partition coefficient (Wildman–Crippen LogP) is 5.05. The van der Waals surface area contributed by atoms with E-state index < -0.39 is 9.84 Å². The van der Waals surface area contributed by atoms with Crippen LogP contribution in [0.2, 0.25) is 0 Å². The summed E-state index contributed by atoms with van der Waals surface area (Å²) in [7, 11) is -2.87. The monoisotopic (exact) mass is 369 g/mol. The lowest BCUT2D eigenvalue weighted by Gasteiger charge is -2.09. The van der Waals surface area contributed by atoms with E-state index in [0.717, 1.165) is 69.5 Å². The Hall–Kier alpha value is -1.23. The van der Waals surface area contributed by atoms with E-state index in [1.807, 2.05) is 12.1 Å². The van der Waals surface area contributed by atoms with Gasteiger partial charge in [0, 0.05) is 12.2 Å². The van der Waals surface area contributed by atoms with Gasteiger partial charge in [-0.1, -0.05) is 32.6 Å². The van der Waals surface area contributed by atoms with Crippen molar-refractivity contribution in [2.45, 2.75) is 71.0 Å². The number of sulfone groups is 1. The highest BCUT2D eigenvalue weighted by Gasteiger charge is 2.14. The first kappa shape index (κ1) is 21.8. The minimum Gasteiger partial charge on any atom is -0.494 e. The van der Waals surface area contributed by atoms with Crippen molar-refractivity contribution in [3.05, 3.63) is 24.3 Å². The summed E-state index contributed by atoms with van der Waals surface area (Å²) in [5.41, 5.74) is 1.12. The number of unbranched alkanes of at least 4 members (excludes halogenated alkanes) is 5. The average Bonchev–Trinajstić information content (AvgIpc) is 2.58. The zero-order chi connectivity index (χ0) is 18.5. The van der Waals surface area contributed by atoms with Gasteiger partial charge in [0.25, 0.3) is 0 Å². The first-order valence-electron chi connectivity index (χ1n) is 9.64. The Morgan fingerprint density at radius 2 is 1.60 bits per heavy atom. The van der Waals surface area contributed by atoms with Crippen LogP contribution in [0.25, 0.3) is 0 Å². The molecule has 1 aromatic carbocycles. The highest BCUT2D eigenvalue weighted by Crippen LogP contribution is 2.16. The summed E-state index contributed by atoms with van der Waals surface area (Å²) in [5.74, 6) is 1.26. The normalized spacial score (nSPS) is 11.7. The highest BCUT2D eigenvalue weighted by molar-refractivity contribution is 7.91. The smallest absolute Gasteiger partial charge is 0.152 e. The van der Waals surface area contributed by atoms with E-state index >= 15 is 0 Å². The summed E-state index contributed by atoms with van der Waals surface area (Å²) in [6.45, 7) is 7.39. The Morgan fingerprint density at radius 1 is 0.960 bits per heavy atom. The second-order valence-corrected chi connectivity index (χ2v) is 9.51. The lowest BCUT2D eigenvalue weighted by atomic mass is 10.1. The average molecular weight is 370 g/mol. The van der Waals surface area contributed by atoms with E-state index in [2.05, 4.69) is 24.4 Å². The summed E-state index contributed by atoms with van der Waals surface area (Å²) in [5, 5.41) is 3.17. The van der Waals surface area contributed by atoms with Crippen molar-refractivity contribution >= 4 is 15.5 Å². The van der Waals surface area contributed by atoms with Gasteiger partial charge in [-0.3, -0.25) is 0 Å². The molecule has 0 atom stereocenters. The fraction of sp³-hybridized carbons (Fsp3) is 0.700. The molecular formula is C20H35NO3S. The van der Waals surface area contributed by atoms with Crippen molar-refractivity contribution in [3.63, 3.8) is 0 Å². The highest BCUT2D eigenvalue weighted by atomic mass is 32.2. The van der Waals surface area contributed by atoms with Gasteiger partial charge in [-0.2, -0.15) is 0 Å².